The summed E-state index contributed by atoms with van der Waals surface area (Å²) in [6, 6.07) is 1.85. The molecule has 0 rings (SSSR count). The van der Waals surface area contributed by atoms with Crippen molar-refractivity contribution in [2.75, 3.05) is 11.5 Å². The average molecular weight is 230 g/mol. The molecule has 0 aliphatic rings. The molecule has 0 aliphatic carbocycles. The van der Waals surface area contributed by atoms with E-state index in [-0.39, 0.29) is 29.9 Å². The van der Waals surface area contributed by atoms with Crippen molar-refractivity contribution in [3.8, 4) is 6.07 Å². The van der Waals surface area contributed by atoms with Gasteiger partial charge < -0.3 is 10.4 Å². The van der Waals surface area contributed by atoms with Crippen LogP contribution in [0.2, 0.25) is 0 Å². The van der Waals surface area contributed by atoms with Crippen LogP contribution in [0.1, 0.15) is 19.8 Å². The maximum Gasteiger partial charge on any atom is 0.313 e. The molecule has 2 N–H and O–H groups in total. The Hall–Kier alpha value is -1.22. The predicted octanol–water partition coefficient (Wildman–Crippen LogP) is 0.613. The molecule has 0 saturated carbocycles. The molecule has 0 radical (unpaired) electrons. The topological polar surface area (TPSA) is 90.2 Å². The number of carboxylic acids is 1. The molecule has 6 heteroatoms. The van der Waals surface area contributed by atoms with Crippen LogP contribution in [0.4, 0.5) is 0 Å². The number of carbonyl (C=O) groups excluding carboxylic acids is 1. The van der Waals surface area contributed by atoms with Crippen LogP contribution < -0.4 is 5.32 Å². The first-order valence-corrected chi connectivity index (χ1v) is 5.71. The lowest BCUT2D eigenvalue weighted by Gasteiger charge is -2.12. The zero-order valence-corrected chi connectivity index (χ0v) is 9.34. The number of aliphatic carboxylic acids is 1. The Labute approximate surface area is 92.8 Å². The maximum absolute atomic E-state index is 11.2. The van der Waals surface area contributed by atoms with Crippen molar-refractivity contribution in [1.29, 1.82) is 5.26 Å². The largest absolute Gasteiger partial charge is 0.481 e. The van der Waals surface area contributed by atoms with Gasteiger partial charge in [0.2, 0.25) is 5.91 Å². The minimum absolute atomic E-state index is 0.0809. The van der Waals surface area contributed by atoms with Crippen LogP contribution in [0.25, 0.3) is 0 Å². The van der Waals surface area contributed by atoms with Gasteiger partial charge in [0.1, 0.15) is 0 Å². The second kappa shape index (κ2) is 8.12. The minimum Gasteiger partial charge on any atom is -0.481 e. The third kappa shape index (κ3) is 7.82. The molecule has 0 heterocycles. The third-order valence-electron chi connectivity index (χ3n) is 1.65. The third-order valence-corrected chi connectivity index (χ3v) is 2.57. The number of carbonyl (C=O) groups is 2. The van der Waals surface area contributed by atoms with Gasteiger partial charge in [0.25, 0.3) is 0 Å². The summed E-state index contributed by atoms with van der Waals surface area (Å²) < 4.78 is 0. The van der Waals surface area contributed by atoms with Gasteiger partial charge in [0.05, 0.1) is 24.0 Å². The average Bonchev–Trinajstić information content (AvgIpc) is 2.16. The van der Waals surface area contributed by atoms with Crippen LogP contribution in [0.15, 0.2) is 0 Å². The number of nitrogens with zero attached hydrogens (tertiary/aromatic N) is 1. The maximum atomic E-state index is 11.2. The second-order valence-electron chi connectivity index (χ2n) is 2.92. The lowest BCUT2D eigenvalue weighted by atomic mass is 10.2. The molecule has 1 amide bonds. The van der Waals surface area contributed by atoms with Crippen molar-refractivity contribution in [3.05, 3.63) is 0 Å². The van der Waals surface area contributed by atoms with E-state index >= 15 is 0 Å². The first kappa shape index (κ1) is 13.8. The molecule has 15 heavy (non-hydrogen) atoms. The first-order valence-electron chi connectivity index (χ1n) is 4.56. The number of nitrogens with one attached hydrogen (secondary N) is 1. The van der Waals surface area contributed by atoms with E-state index in [0.29, 0.717) is 6.42 Å². The van der Waals surface area contributed by atoms with Crippen molar-refractivity contribution >= 4 is 23.6 Å². The Kier molecular flexibility index (Phi) is 7.46. The normalized spacial score (nSPS) is 11.5. The number of rotatable bonds is 7. The van der Waals surface area contributed by atoms with Crippen LogP contribution in [0, 0.1) is 11.3 Å². The molecule has 0 saturated heterocycles. The molecule has 0 aromatic rings. The summed E-state index contributed by atoms with van der Waals surface area (Å²) in [5.41, 5.74) is 0. The number of hydrogen-bond donors (Lipinski definition) is 2. The molecule has 0 spiro atoms. The number of carboxylic acid groups (broad SMARTS) is 1. The van der Waals surface area contributed by atoms with Crippen LogP contribution in [0.3, 0.4) is 0 Å². The van der Waals surface area contributed by atoms with Crippen molar-refractivity contribution in [3.63, 3.8) is 0 Å². The summed E-state index contributed by atoms with van der Waals surface area (Å²) in [5.74, 6) is -1.11. The van der Waals surface area contributed by atoms with E-state index in [4.69, 9.17) is 10.4 Å². The predicted molar refractivity (Wildman–Crippen MR) is 57.4 cm³/mol. The van der Waals surface area contributed by atoms with Crippen molar-refractivity contribution in [1.82, 2.24) is 5.32 Å². The fourth-order valence-corrected chi connectivity index (χ4v) is 1.45. The molecule has 0 aromatic heterocycles. The lowest BCUT2D eigenvalue weighted by Crippen LogP contribution is -2.35. The van der Waals surface area contributed by atoms with Gasteiger partial charge in [-0.05, 0) is 6.42 Å². The van der Waals surface area contributed by atoms with Gasteiger partial charge in [-0.1, -0.05) is 6.92 Å². The standard InChI is InChI=1S/C9H14N2O3S/c1-2-7(3-4-10)11-8(12)5-15-6-9(13)14/h7H,2-3,5-6H2,1H3,(H,11,12)(H,13,14). The minimum atomic E-state index is -0.933. The van der Waals surface area contributed by atoms with Crippen molar-refractivity contribution in [2.24, 2.45) is 0 Å². The zero-order chi connectivity index (χ0) is 11.7. The highest BCUT2D eigenvalue weighted by molar-refractivity contribution is 8.00. The van der Waals surface area contributed by atoms with E-state index in [2.05, 4.69) is 5.32 Å². The van der Waals surface area contributed by atoms with Crippen molar-refractivity contribution in [2.45, 2.75) is 25.8 Å². The number of nitriles is 1. The smallest absolute Gasteiger partial charge is 0.313 e. The van der Waals surface area contributed by atoms with E-state index in [0.717, 1.165) is 11.8 Å². The molecule has 0 aromatic carbocycles. The summed E-state index contributed by atoms with van der Waals surface area (Å²) in [6.45, 7) is 1.88. The summed E-state index contributed by atoms with van der Waals surface area (Å²) in [5, 5.41) is 19.5. The van der Waals surface area contributed by atoms with Crippen LogP contribution in [0.5, 0.6) is 0 Å². The van der Waals surface area contributed by atoms with Crippen molar-refractivity contribution < 1.29 is 14.7 Å². The highest BCUT2D eigenvalue weighted by atomic mass is 32.2. The monoisotopic (exact) mass is 230 g/mol. The molecule has 84 valence electrons. The fourth-order valence-electron chi connectivity index (χ4n) is 0.908. The Morgan fingerprint density at radius 1 is 1.53 bits per heavy atom. The number of amides is 1. The second-order valence-corrected chi connectivity index (χ2v) is 3.91. The van der Waals surface area contributed by atoms with E-state index in [1.807, 2.05) is 13.0 Å². The molecule has 5 nitrogen and oxygen atoms in total. The SMILES string of the molecule is CCC(CC#N)NC(=O)CSCC(=O)O. The van der Waals surface area contributed by atoms with Gasteiger partial charge in [-0.3, -0.25) is 9.59 Å². The highest BCUT2D eigenvalue weighted by Crippen LogP contribution is 2.01. The molecule has 1 unspecified atom stereocenters. The summed E-state index contributed by atoms with van der Waals surface area (Å²) >= 11 is 1.05. The Morgan fingerprint density at radius 2 is 2.20 bits per heavy atom. The summed E-state index contributed by atoms with van der Waals surface area (Å²) in [6.07, 6.45) is 0.981. The van der Waals surface area contributed by atoms with Gasteiger partial charge in [-0.15, -0.1) is 11.8 Å². The van der Waals surface area contributed by atoms with E-state index < -0.39 is 5.97 Å². The summed E-state index contributed by atoms with van der Waals surface area (Å²) in [7, 11) is 0. The number of thioether (sulfide) groups is 1. The first-order chi connectivity index (χ1) is 7.10. The molecular formula is C9H14N2O3S. The van der Waals surface area contributed by atoms with E-state index in [1.54, 1.807) is 0 Å². The van der Waals surface area contributed by atoms with E-state index in [1.165, 1.54) is 0 Å². The molecule has 1 atom stereocenters. The van der Waals surface area contributed by atoms with Crippen LogP contribution in [-0.4, -0.2) is 34.5 Å². The zero-order valence-electron chi connectivity index (χ0n) is 8.52. The lowest BCUT2D eigenvalue weighted by molar-refractivity contribution is -0.133. The van der Waals surface area contributed by atoms with Gasteiger partial charge in [-0.2, -0.15) is 5.26 Å². The van der Waals surface area contributed by atoms with Gasteiger partial charge in [0.15, 0.2) is 0 Å². The van der Waals surface area contributed by atoms with Gasteiger partial charge in [-0.25, -0.2) is 0 Å². The van der Waals surface area contributed by atoms with E-state index in [9.17, 15) is 9.59 Å². The molecule has 0 fully saturated rings. The molecular weight excluding hydrogens is 216 g/mol. The van der Waals surface area contributed by atoms with Gasteiger partial charge >= 0.3 is 5.97 Å². The fraction of sp³-hybridized carbons (Fsp3) is 0.667. The Morgan fingerprint density at radius 3 is 2.67 bits per heavy atom. The van der Waals surface area contributed by atoms with Crippen LogP contribution >= 0.6 is 11.8 Å². The highest BCUT2D eigenvalue weighted by Gasteiger charge is 2.10. The molecule has 0 bridgehead atoms. The van der Waals surface area contributed by atoms with Crippen LogP contribution in [-0.2, 0) is 9.59 Å². The Bertz CT molecular complexity index is 263. The molecule has 0 aliphatic heterocycles. The number of hydrogen-bond acceptors (Lipinski definition) is 4. The Balaban J connectivity index is 3.72. The quantitative estimate of drug-likeness (QED) is 0.669. The van der Waals surface area contributed by atoms with Gasteiger partial charge in [0, 0.05) is 6.04 Å². The summed E-state index contributed by atoms with van der Waals surface area (Å²) in [4.78, 5) is 21.4.